The van der Waals surface area contributed by atoms with Crippen LogP contribution in [0, 0.1) is 17.2 Å². The zero-order valence-corrected chi connectivity index (χ0v) is 12.3. The third-order valence-corrected chi connectivity index (χ3v) is 3.51. The van der Waals surface area contributed by atoms with Crippen LogP contribution in [-0.2, 0) is 11.3 Å². The van der Waals surface area contributed by atoms with E-state index in [1.54, 1.807) is 7.11 Å². The van der Waals surface area contributed by atoms with E-state index in [-0.39, 0.29) is 0 Å². The minimum atomic E-state index is 0.576. The first-order valence-corrected chi connectivity index (χ1v) is 7.06. The van der Waals surface area contributed by atoms with Gasteiger partial charge in [0.2, 0.25) is 0 Å². The summed E-state index contributed by atoms with van der Waals surface area (Å²) in [4.78, 5) is 2.22. The normalized spacial score (nSPS) is 14.3. The minimum Gasteiger partial charge on any atom is -0.495 e. The average molecular weight is 274 g/mol. The third kappa shape index (κ3) is 4.52. The van der Waals surface area contributed by atoms with Gasteiger partial charge in [0.05, 0.1) is 19.3 Å². The van der Waals surface area contributed by atoms with Crippen LogP contribution in [0.2, 0.25) is 0 Å². The molecule has 1 saturated carbocycles. The summed E-state index contributed by atoms with van der Waals surface area (Å²) in [6.07, 6.45) is 2.67. The highest BCUT2D eigenvalue weighted by atomic mass is 16.5. The van der Waals surface area contributed by atoms with Crippen molar-refractivity contribution in [2.24, 2.45) is 5.92 Å². The maximum absolute atomic E-state index is 8.96. The third-order valence-electron chi connectivity index (χ3n) is 3.51. The molecule has 20 heavy (non-hydrogen) atoms. The summed E-state index contributed by atoms with van der Waals surface area (Å²) in [7, 11) is 3.67. The molecule has 4 heteroatoms. The van der Waals surface area contributed by atoms with Crippen LogP contribution in [-0.4, -0.2) is 38.8 Å². The Labute approximate surface area is 120 Å². The summed E-state index contributed by atoms with van der Waals surface area (Å²) < 4.78 is 10.9. The van der Waals surface area contributed by atoms with Gasteiger partial charge in [0.25, 0.3) is 0 Å². The molecular formula is C16H22N2O2. The Morgan fingerprint density at radius 3 is 2.85 bits per heavy atom. The summed E-state index contributed by atoms with van der Waals surface area (Å²) in [6.45, 7) is 3.43. The van der Waals surface area contributed by atoms with Crippen molar-refractivity contribution >= 4 is 0 Å². The molecule has 0 N–H and O–H groups in total. The van der Waals surface area contributed by atoms with E-state index in [9.17, 15) is 0 Å². The van der Waals surface area contributed by atoms with E-state index < -0.39 is 0 Å². The largest absolute Gasteiger partial charge is 0.495 e. The van der Waals surface area contributed by atoms with Gasteiger partial charge in [0, 0.05) is 19.7 Å². The first-order valence-electron chi connectivity index (χ1n) is 7.06. The highest BCUT2D eigenvalue weighted by Crippen LogP contribution is 2.28. The van der Waals surface area contributed by atoms with Crippen molar-refractivity contribution < 1.29 is 9.47 Å². The van der Waals surface area contributed by atoms with E-state index in [1.165, 1.54) is 12.8 Å². The van der Waals surface area contributed by atoms with Crippen molar-refractivity contribution in [1.82, 2.24) is 4.90 Å². The topological polar surface area (TPSA) is 45.5 Å². The second kappa shape index (κ2) is 7.28. The maximum Gasteiger partial charge on any atom is 0.136 e. The first kappa shape index (κ1) is 14.8. The lowest BCUT2D eigenvalue weighted by atomic mass is 10.1. The van der Waals surface area contributed by atoms with E-state index in [2.05, 4.69) is 18.0 Å². The van der Waals surface area contributed by atoms with Crippen molar-refractivity contribution in [1.29, 1.82) is 5.26 Å². The molecule has 0 bridgehead atoms. The van der Waals surface area contributed by atoms with Crippen LogP contribution in [0.4, 0.5) is 0 Å². The fourth-order valence-electron chi connectivity index (χ4n) is 2.07. The fraction of sp³-hybridized carbons (Fsp3) is 0.562. The summed E-state index contributed by atoms with van der Waals surface area (Å²) in [6, 6.07) is 7.84. The number of nitrogens with zero attached hydrogens (tertiary/aromatic N) is 2. The Hall–Kier alpha value is -1.57. The zero-order valence-electron chi connectivity index (χ0n) is 12.3. The first-order chi connectivity index (χ1) is 9.72. The molecule has 1 aliphatic rings. The SMILES string of the molecule is COc1cc(CN(C)CCOCC2CC2)ccc1C#N. The lowest BCUT2D eigenvalue weighted by Gasteiger charge is -2.17. The van der Waals surface area contributed by atoms with Gasteiger partial charge < -0.3 is 9.47 Å². The van der Waals surface area contributed by atoms with Crippen molar-refractivity contribution in [3.63, 3.8) is 0 Å². The molecule has 0 spiro atoms. The number of ether oxygens (including phenoxy) is 2. The molecule has 0 unspecified atom stereocenters. The van der Waals surface area contributed by atoms with Crippen molar-refractivity contribution in [3.8, 4) is 11.8 Å². The quantitative estimate of drug-likeness (QED) is 0.683. The molecule has 1 aromatic carbocycles. The van der Waals surface area contributed by atoms with Crippen molar-refractivity contribution in [2.45, 2.75) is 19.4 Å². The molecule has 0 aromatic heterocycles. The number of benzene rings is 1. The fourth-order valence-corrected chi connectivity index (χ4v) is 2.07. The Balaban J connectivity index is 1.77. The molecule has 0 aliphatic heterocycles. The molecule has 2 rings (SSSR count). The molecule has 1 aromatic rings. The zero-order chi connectivity index (χ0) is 14.4. The smallest absolute Gasteiger partial charge is 0.136 e. The van der Waals surface area contributed by atoms with Crippen LogP contribution in [0.15, 0.2) is 18.2 Å². The number of hydrogen-bond donors (Lipinski definition) is 0. The van der Waals surface area contributed by atoms with Gasteiger partial charge >= 0.3 is 0 Å². The number of hydrogen-bond acceptors (Lipinski definition) is 4. The van der Waals surface area contributed by atoms with E-state index >= 15 is 0 Å². The minimum absolute atomic E-state index is 0.576. The molecule has 4 nitrogen and oxygen atoms in total. The summed E-state index contributed by atoms with van der Waals surface area (Å²) in [5, 5.41) is 8.96. The van der Waals surface area contributed by atoms with E-state index in [4.69, 9.17) is 14.7 Å². The van der Waals surface area contributed by atoms with Crippen LogP contribution in [0.5, 0.6) is 5.75 Å². The van der Waals surface area contributed by atoms with Gasteiger partial charge in [0.15, 0.2) is 0 Å². The van der Waals surface area contributed by atoms with E-state index in [0.717, 1.165) is 37.8 Å². The van der Waals surface area contributed by atoms with Gasteiger partial charge in [-0.25, -0.2) is 0 Å². The second-order valence-corrected chi connectivity index (χ2v) is 5.40. The van der Waals surface area contributed by atoms with Crippen LogP contribution in [0.1, 0.15) is 24.0 Å². The molecule has 0 heterocycles. The van der Waals surface area contributed by atoms with Gasteiger partial charge in [-0.3, -0.25) is 4.90 Å². The number of methoxy groups -OCH3 is 1. The van der Waals surface area contributed by atoms with Crippen LogP contribution < -0.4 is 4.74 Å². The number of nitriles is 1. The predicted molar refractivity (Wildman–Crippen MR) is 77.6 cm³/mol. The van der Waals surface area contributed by atoms with Gasteiger partial charge in [-0.1, -0.05) is 6.07 Å². The average Bonchev–Trinajstić information content (AvgIpc) is 3.27. The monoisotopic (exact) mass is 274 g/mol. The Kier molecular flexibility index (Phi) is 5.40. The Morgan fingerprint density at radius 2 is 2.20 bits per heavy atom. The lowest BCUT2D eigenvalue weighted by molar-refractivity contribution is 0.102. The lowest BCUT2D eigenvalue weighted by Crippen LogP contribution is -2.23. The molecule has 1 fully saturated rings. The maximum atomic E-state index is 8.96. The van der Waals surface area contributed by atoms with E-state index in [0.29, 0.717) is 11.3 Å². The van der Waals surface area contributed by atoms with Crippen LogP contribution in [0.25, 0.3) is 0 Å². The van der Waals surface area contributed by atoms with Gasteiger partial charge in [0.1, 0.15) is 11.8 Å². The van der Waals surface area contributed by atoms with E-state index in [1.807, 2.05) is 18.2 Å². The molecule has 108 valence electrons. The van der Waals surface area contributed by atoms with Crippen LogP contribution in [0.3, 0.4) is 0 Å². The molecule has 0 amide bonds. The molecular weight excluding hydrogens is 252 g/mol. The summed E-state index contributed by atoms with van der Waals surface area (Å²) in [5.74, 6) is 1.46. The van der Waals surface area contributed by atoms with Crippen molar-refractivity contribution in [2.75, 3.05) is 33.9 Å². The van der Waals surface area contributed by atoms with Gasteiger partial charge in [-0.05, 0) is 43.5 Å². The number of rotatable bonds is 8. The van der Waals surface area contributed by atoms with Gasteiger partial charge in [-0.15, -0.1) is 0 Å². The predicted octanol–water partition coefficient (Wildman–Crippen LogP) is 2.43. The number of likely N-dealkylation sites (N-methyl/N-ethyl adjacent to an activating group) is 1. The highest BCUT2D eigenvalue weighted by Gasteiger charge is 2.20. The standard InChI is InChI=1S/C16H22N2O2/c1-18(7-8-20-12-13-3-4-13)11-14-5-6-15(10-17)16(9-14)19-2/h5-6,9,13H,3-4,7-8,11-12H2,1-2H3. The summed E-state index contributed by atoms with van der Waals surface area (Å²) >= 11 is 0. The van der Waals surface area contributed by atoms with Gasteiger partial charge in [-0.2, -0.15) is 5.26 Å². The second-order valence-electron chi connectivity index (χ2n) is 5.40. The molecule has 0 atom stereocenters. The Bertz CT molecular complexity index is 478. The molecule has 1 aliphatic carbocycles. The van der Waals surface area contributed by atoms with Crippen molar-refractivity contribution in [3.05, 3.63) is 29.3 Å². The summed E-state index contributed by atoms with van der Waals surface area (Å²) in [5.41, 5.74) is 1.72. The Morgan fingerprint density at radius 1 is 1.40 bits per heavy atom. The van der Waals surface area contributed by atoms with Crippen LogP contribution >= 0.6 is 0 Å². The molecule has 0 saturated heterocycles. The highest BCUT2D eigenvalue weighted by molar-refractivity contribution is 5.45. The molecule has 0 radical (unpaired) electrons.